The molecule has 0 aromatic rings. The zero-order chi connectivity index (χ0) is 8.39. The summed E-state index contributed by atoms with van der Waals surface area (Å²) in [6.45, 7) is 0. The summed E-state index contributed by atoms with van der Waals surface area (Å²) in [7, 11) is 1.84. The molecule has 0 heterocycles. The largest absolute Gasteiger partial charge is 0.380 e. The van der Waals surface area contributed by atoms with Gasteiger partial charge in [0.2, 0.25) is 0 Å². The Morgan fingerprint density at radius 1 is 1.08 bits per heavy atom. The molecule has 2 nitrogen and oxygen atoms in total. The molecule has 0 aromatic carbocycles. The summed E-state index contributed by atoms with van der Waals surface area (Å²) in [5.74, 6) is 0. The summed E-state index contributed by atoms with van der Waals surface area (Å²) < 4.78 is 5.43. The van der Waals surface area contributed by atoms with Crippen LogP contribution >= 0.6 is 0 Å². The van der Waals surface area contributed by atoms with Gasteiger partial charge in [-0.1, -0.05) is 6.42 Å². The lowest BCUT2D eigenvalue weighted by Gasteiger charge is -2.32. The normalized spacial score (nSPS) is 36.8. The van der Waals surface area contributed by atoms with Gasteiger partial charge in [-0.05, 0) is 32.1 Å². The molecular weight excluding hydrogens is 150 g/mol. The maximum absolute atomic E-state index is 5.43. The summed E-state index contributed by atoms with van der Waals surface area (Å²) in [6, 6.07) is 1.46. The highest BCUT2D eigenvalue weighted by Gasteiger charge is 2.30. The topological polar surface area (TPSA) is 21.3 Å². The van der Waals surface area contributed by atoms with E-state index in [0.29, 0.717) is 12.1 Å². The van der Waals surface area contributed by atoms with Crippen molar-refractivity contribution < 1.29 is 4.74 Å². The van der Waals surface area contributed by atoms with Crippen molar-refractivity contribution in [3.05, 3.63) is 0 Å². The van der Waals surface area contributed by atoms with Gasteiger partial charge >= 0.3 is 0 Å². The summed E-state index contributed by atoms with van der Waals surface area (Å²) >= 11 is 0. The molecule has 2 saturated carbocycles. The van der Waals surface area contributed by atoms with Gasteiger partial charge in [0.15, 0.2) is 0 Å². The molecule has 0 amide bonds. The lowest BCUT2D eigenvalue weighted by atomic mass is 9.92. The van der Waals surface area contributed by atoms with E-state index < -0.39 is 0 Å². The molecule has 1 N–H and O–H groups in total. The lowest BCUT2D eigenvalue weighted by Crippen LogP contribution is -2.46. The monoisotopic (exact) mass is 169 g/mol. The SMILES string of the molecule is CO[C@@H]1CCC[C@H]1NC1CCC1. The second-order valence-electron chi connectivity index (χ2n) is 4.11. The van der Waals surface area contributed by atoms with Crippen LogP contribution in [0.2, 0.25) is 0 Å². The predicted molar refractivity (Wildman–Crippen MR) is 49.2 cm³/mol. The molecule has 12 heavy (non-hydrogen) atoms. The highest BCUT2D eigenvalue weighted by Crippen LogP contribution is 2.25. The van der Waals surface area contributed by atoms with Gasteiger partial charge in [-0.2, -0.15) is 0 Å². The Hall–Kier alpha value is -0.0800. The maximum atomic E-state index is 5.43. The van der Waals surface area contributed by atoms with Crippen LogP contribution in [0.5, 0.6) is 0 Å². The number of hydrogen-bond donors (Lipinski definition) is 1. The van der Waals surface area contributed by atoms with Crippen molar-refractivity contribution in [1.29, 1.82) is 0 Å². The first-order valence-corrected chi connectivity index (χ1v) is 5.19. The lowest BCUT2D eigenvalue weighted by molar-refractivity contribution is 0.0766. The van der Waals surface area contributed by atoms with Crippen LogP contribution < -0.4 is 5.32 Å². The molecule has 2 atom stereocenters. The van der Waals surface area contributed by atoms with Crippen LogP contribution in [0.1, 0.15) is 38.5 Å². The van der Waals surface area contributed by atoms with E-state index >= 15 is 0 Å². The molecule has 0 aromatic heterocycles. The van der Waals surface area contributed by atoms with E-state index in [1.807, 2.05) is 7.11 Å². The molecule has 0 spiro atoms. The van der Waals surface area contributed by atoms with E-state index in [1.54, 1.807) is 0 Å². The second kappa shape index (κ2) is 3.75. The third-order valence-electron chi connectivity index (χ3n) is 3.31. The van der Waals surface area contributed by atoms with Crippen molar-refractivity contribution >= 4 is 0 Å². The van der Waals surface area contributed by atoms with Crippen LogP contribution in [0.4, 0.5) is 0 Å². The third-order valence-corrected chi connectivity index (χ3v) is 3.31. The Morgan fingerprint density at radius 2 is 1.83 bits per heavy atom. The molecule has 0 unspecified atom stereocenters. The van der Waals surface area contributed by atoms with Crippen LogP contribution in [0.15, 0.2) is 0 Å². The molecule has 2 aliphatic carbocycles. The van der Waals surface area contributed by atoms with Crippen molar-refractivity contribution in [2.24, 2.45) is 0 Å². The Labute approximate surface area is 74.7 Å². The predicted octanol–water partition coefficient (Wildman–Crippen LogP) is 1.70. The van der Waals surface area contributed by atoms with Gasteiger partial charge in [0.25, 0.3) is 0 Å². The smallest absolute Gasteiger partial charge is 0.0724 e. The first-order valence-electron chi connectivity index (χ1n) is 5.19. The van der Waals surface area contributed by atoms with Gasteiger partial charge in [0.1, 0.15) is 0 Å². The Kier molecular flexibility index (Phi) is 2.66. The van der Waals surface area contributed by atoms with Crippen molar-refractivity contribution in [3.8, 4) is 0 Å². The fraction of sp³-hybridized carbons (Fsp3) is 1.00. The molecule has 70 valence electrons. The van der Waals surface area contributed by atoms with Crippen LogP contribution in [0, 0.1) is 0 Å². The van der Waals surface area contributed by atoms with Gasteiger partial charge < -0.3 is 10.1 Å². The molecule has 0 radical (unpaired) electrons. The average molecular weight is 169 g/mol. The molecule has 0 saturated heterocycles. The van der Waals surface area contributed by atoms with Crippen LogP contribution in [-0.4, -0.2) is 25.3 Å². The number of methoxy groups -OCH3 is 1. The summed E-state index contributed by atoms with van der Waals surface area (Å²) in [6.07, 6.45) is 8.58. The highest BCUT2D eigenvalue weighted by molar-refractivity contribution is 4.88. The number of hydrogen-bond acceptors (Lipinski definition) is 2. The van der Waals surface area contributed by atoms with E-state index in [4.69, 9.17) is 4.74 Å². The van der Waals surface area contributed by atoms with Gasteiger partial charge in [-0.15, -0.1) is 0 Å². The summed E-state index contributed by atoms with van der Waals surface area (Å²) in [5, 5.41) is 3.69. The standard InChI is InChI=1S/C10H19NO/c1-12-10-7-3-6-9(10)11-8-4-2-5-8/h8-11H,2-7H2,1H3/t9-,10-/m1/s1. The van der Waals surface area contributed by atoms with Crippen molar-refractivity contribution in [2.45, 2.75) is 56.7 Å². The van der Waals surface area contributed by atoms with Gasteiger partial charge in [0.05, 0.1) is 6.10 Å². The van der Waals surface area contributed by atoms with Crippen molar-refractivity contribution in [1.82, 2.24) is 5.32 Å². The fourth-order valence-electron chi connectivity index (χ4n) is 2.28. The second-order valence-corrected chi connectivity index (χ2v) is 4.11. The molecule has 0 aliphatic heterocycles. The maximum Gasteiger partial charge on any atom is 0.0724 e. The average Bonchev–Trinajstić information content (AvgIpc) is 2.43. The minimum atomic E-state index is 0.491. The Balaban J connectivity index is 1.77. The van der Waals surface area contributed by atoms with Gasteiger partial charge in [0, 0.05) is 19.2 Å². The minimum absolute atomic E-state index is 0.491. The quantitative estimate of drug-likeness (QED) is 0.694. The van der Waals surface area contributed by atoms with E-state index in [9.17, 15) is 0 Å². The highest BCUT2D eigenvalue weighted by atomic mass is 16.5. The number of rotatable bonds is 3. The molecule has 2 heteroatoms. The van der Waals surface area contributed by atoms with E-state index in [0.717, 1.165) is 6.04 Å². The first-order chi connectivity index (χ1) is 5.90. The third kappa shape index (κ3) is 1.64. The molecule has 2 rings (SSSR count). The van der Waals surface area contributed by atoms with E-state index in [1.165, 1.54) is 38.5 Å². The zero-order valence-corrected chi connectivity index (χ0v) is 7.88. The molecule has 2 aliphatic rings. The first kappa shape index (κ1) is 8.52. The minimum Gasteiger partial charge on any atom is -0.380 e. The van der Waals surface area contributed by atoms with Crippen LogP contribution in [-0.2, 0) is 4.74 Å². The zero-order valence-electron chi connectivity index (χ0n) is 7.88. The molecule has 0 bridgehead atoms. The molecular formula is C10H19NO. The summed E-state index contributed by atoms with van der Waals surface area (Å²) in [5.41, 5.74) is 0. The number of ether oxygens (including phenoxy) is 1. The summed E-state index contributed by atoms with van der Waals surface area (Å²) in [4.78, 5) is 0. The van der Waals surface area contributed by atoms with Crippen LogP contribution in [0.25, 0.3) is 0 Å². The Morgan fingerprint density at radius 3 is 2.42 bits per heavy atom. The van der Waals surface area contributed by atoms with E-state index in [-0.39, 0.29) is 0 Å². The van der Waals surface area contributed by atoms with Crippen molar-refractivity contribution in [3.63, 3.8) is 0 Å². The Bertz CT molecular complexity index is 145. The molecule has 2 fully saturated rings. The van der Waals surface area contributed by atoms with Crippen LogP contribution in [0.3, 0.4) is 0 Å². The van der Waals surface area contributed by atoms with Gasteiger partial charge in [-0.25, -0.2) is 0 Å². The number of nitrogens with one attached hydrogen (secondary N) is 1. The van der Waals surface area contributed by atoms with Gasteiger partial charge in [-0.3, -0.25) is 0 Å². The van der Waals surface area contributed by atoms with Crippen molar-refractivity contribution in [2.75, 3.05) is 7.11 Å². The van der Waals surface area contributed by atoms with E-state index in [2.05, 4.69) is 5.32 Å². The fourth-order valence-corrected chi connectivity index (χ4v) is 2.28.